The van der Waals surface area contributed by atoms with Crippen molar-refractivity contribution in [3.8, 4) is 0 Å². The van der Waals surface area contributed by atoms with Crippen LogP contribution < -0.4 is 11.1 Å². The second-order valence-electron chi connectivity index (χ2n) is 11.7. The van der Waals surface area contributed by atoms with E-state index in [1.165, 1.54) is 16.9 Å². The van der Waals surface area contributed by atoms with Gasteiger partial charge in [0.15, 0.2) is 11.5 Å². The first-order valence-corrected chi connectivity index (χ1v) is 14.3. The minimum atomic E-state index is -4.80. The Balaban J connectivity index is 1.50. The van der Waals surface area contributed by atoms with E-state index in [2.05, 4.69) is 25.5 Å². The lowest BCUT2D eigenvalue weighted by molar-refractivity contribution is -0.165. The van der Waals surface area contributed by atoms with Crippen LogP contribution in [0.25, 0.3) is 5.65 Å². The first-order valence-electron chi connectivity index (χ1n) is 14.3. The Morgan fingerprint density at radius 2 is 1.73 bits per heavy atom. The van der Waals surface area contributed by atoms with Crippen molar-refractivity contribution in [2.45, 2.75) is 94.6 Å². The van der Waals surface area contributed by atoms with Crippen LogP contribution in [0.5, 0.6) is 0 Å². The van der Waals surface area contributed by atoms with Gasteiger partial charge in [-0.25, -0.2) is 27.9 Å². The minimum Gasteiger partial charge on any atom is -0.363 e. The molecule has 0 aliphatic heterocycles. The number of primary amides is 1. The number of nitrogens with one attached hydrogen (secondary N) is 1. The predicted octanol–water partition coefficient (Wildman–Crippen LogP) is 5.41. The van der Waals surface area contributed by atoms with Crippen LogP contribution in [-0.2, 0) is 4.79 Å². The van der Waals surface area contributed by atoms with Gasteiger partial charge in [0.1, 0.15) is 6.04 Å². The molecule has 10 nitrogen and oxygen atoms in total. The number of aromatic nitrogens is 6. The van der Waals surface area contributed by atoms with Crippen molar-refractivity contribution in [2.75, 3.05) is 0 Å². The van der Waals surface area contributed by atoms with E-state index in [1.807, 2.05) is 0 Å². The molecule has 2 saturated carbocycles. The molecule has 0 aromatic carbocycles. The number of carbonyl (C=O) groups is 2. The van der Waals surface area contributed by atoms with Crippen molar-refractivity contribution in [2.24, 2.45) is 17.6 Å². The molecule has 3 aromatic rings. The molecule has 0 spiro atoms. The molecular formula is C27H30F8N8O2. The molecule has 5 rings (SSSR count). The summed E-state index contributed by atoms with van der Waals surface area (Å²) in [5, 5.41) is 11.0. The fraction of sp³-hybridized carbons (Fsp3) is 0.630. The Morgan fingerprint density at radius 3 is 2.31 bits per heavy atom. The van der Waals surface area contributed by atoms with Gasteiger partial charge < -0.3 is 11.1 Å². The number of halogens is 8. The first kappa shape index (κ1) is 32.5. The largest absolute Gasteiger partial charge is 0.410 e. The number of nitrogens with zero attached hydrogens (tertiary/aromatic N) is 6. The Kier molecular flexibility index (Phi) is 8.54. The molecule has 3 aromatic heterocycles. The van der Waals surface area contributed by atoms with E-state index in [4.69, 9.17) is 5.73 Å². The molecule has 3 heterocycles. The molecule has 2 aliphatic rings. The maximum absolute atomic E-state index is 14.1. The molecule has 2 fully saturated rings. The second-order valence-corrected chi connectivity index (χ2v) is 11.7. The molecule has 3 N–H and O–H groups in total. The summed E-state index contributed by atoms with van der Waals surface area (Å²) < 4.78 is 109. The van der Waals surface area contributed by atoms with Gasteiger partial charge in [-0.1, -0.05) is 0 Å². The predicted molar refractivity (Wildman–Crippen MR) is 140 cm³/mol. The number of hydrogen-bond acceptors (Lipinski definition) is 6. The minimum absolute atomic E-state index is 0.0221. The molecule has 18 heteroatoms. The average Bonchev–Trinajstić information content (AvgIpc) is 3.54. The third-order valence-electron chi connectivity index (χ3n) is 8.30. The fourth-order valence-electron chi connectivity index (χ4n) is 5.66. The number of imidazole rings is 1. The summed E-state index contributed by atoms with van der Waals surface area (Å²) in [7, 11) is 0. The molecule has 0 bridgehead atoms. The van der Waals surface area contributed by atoms with Crippen LogP contribution in [0.4, 0.5) is 35.1 Å². The van der Waals surface area contributed by atoms with Gasteiger partial charge in [0.2, 0.25) is 17.7 Å². The van der Waals surface area contributed by atoms with Crippen molar-refractivity contribution in [1.82, 2.24) is 34.7 Å². The summed E-state index contributed by atoms with van der Waals surface area (Å²) in [6, 6.07) is -1.32. The highest BCUT2D eigenvalue weighted by molar-refractivity contribution is 5.89. The van der Waals surface area contributed by atoms with Crippen LogP contribution in [-0.4, -0.2) is 59.5 Å². The third kappa shape index (κ3) is 7.52. The van der Waals surface area contributed by atoms with Crippen molar-refractivity contribution in [3.63, 3.8) is 0 Å². The molecule has 0 radical (unpaired) electrons. The molecule has 0 saturated heterocycles. The molecule has 45 heavy (non-hydrogen) atoms. The number of hydrogen-bond donors (Lipinski definition) is 2. The topological polar surface area (TPSA) is 133 Å². The Labute approximate surface area is 250 Å². The molecule has 2 amide bonds. The van der Waals surface area contributed by atoms with Gasteiger partial charge in [0.25, 0.3) is 5.91 Å². The highest BCUT2D eigenvalue weighted by Crippen LogP contribution is 2.45. The van der Waals surface area contributed by atoms with Crippen molar-refractivity contribution in [1.29, 1.82) is 0 Å². The first-order chi connectivity index (χ1) is 20.9. The Hall–Kier alpha value is -3.86. The van der Waals surface area contributed by atoms with E-state index in [1.54, 1.807) is 6.07 Å². The Bertz CT molecular complexity index is 1550. The monoisotopic (exact) mass is 650 g/mol. The smallest absolute Gasteiger partial charge is 0.363 e. The van der Waals surface area contributed by atoms with Gasteiger partial charge in [-0.3, -0.25) is 9.59 Å². The molecule has 0 unspecified atom stereocenters. The zero-order valence-electron chi connectivity index (χ0n) is 23.9. The zero-order valence-corrected chi connectivity index (χ0v) is 23.9. The summed E-state index contributed by atoms with van der Waals surface area (Å²) in [4.78, 5) is 33.0. The standard InChI is InChI=1S/C27H30F8N8O2/c1-13(27(33,34)35)43-24(22(36)45)40-23(41-43)20(14-4-7-25(28,29)8-5-14)17-12-42-18(38-17)10-16(11-37-42)21(15-2-3-15)39-19(44)6-9-26(30,31)32/h10-15,20-21H,2-9H2,1H3,(H2,36,45)(H,39,44)/t13-,20+,21-/m1/s1. The highest BCUT2D eigenvalue weighted by atomic mass is 19.4. The number of alkyl halides is 8. The molecule has 2 aliphatic carbocycles. The Morgan fingerprint density at radius 1 is 1.07 bits per heavy atom. The number of rotatable bonds is 10. The van der Waals surface area contributed by atoms with Crippen LogP contribution in [0.3, 0.4) is 0 Å². The van der Waals surface area contributed by atoms with Crippen molar-refractivity contribution < 1.29 is 44.7 Å². The van der Waals surface area contributed by atoms with Crippen LogP contribution in [0, 0.1) is 11.8 Å². The van der Waals surface area contributed by atoms with Gasteiger partial charge in [0.05, 0.1) is 36.5 Å². The SMILES string of the molecule is C[C@@H](n1nc([C@H](c2cn3ncc([C@H](NC(=O)CCC(F)(F)F)C4CC4)cc3n2)C2CCC(F)(F)CC2)nc1C(N)=O)C(F)(F)F. The van der Waals surface area contributed by atoms with Gasteiger partial charge in [0, 0.05) is 19.3 Å². The van der Waals surface area contributed by atoms with E-state index in [0.717, 1.165) is 19.8 Å². The maximum Gasteiger partial charge on any atom is 0.410 e. The van der Waals surface area contributed by atoms with Crippen LogP contribution in [0.1, 0.15) is 104 Å². The molecule has 3 atom stereocenters. The van der Waals surface area contributed by atoms with Gasteiger partial charge >= 0.3 is 12.4 Å². The lowest BCUT2D eigenvalue weighted by Gasteiger charge is -2.31. The van der Waals surface area contributed by atoms with E-state index < -0.39 is 85.5 Å². The summed E-state index contributed by atoms with van der Waals surface area (Å²) in [5.74, 6) is -7.57. The summed E-state index contributed by atoms with van der Waals surface area (Å²) in [6.07, 6.45) is -8.00. The van der Waals surface area contributed by atoms with Crippen LogP contribution in [0.2, 0.25) is 0 Å². The molecule has 246 valence electrons. The number of carbonyl (C=O) groups excluding carboxylic acids is 2. The number of fused-ring (bicyclic) bond motifs is 1. The van der Waals surface area contributed by atoms with Gasteiger partial charge in [-0.15, -0.1) is 0 Å². The van der Waals surface area contributed by atoms with E-state index in [9.17, 15) is 44.7 Å². The van der Waals surface area contributed by atoms with E-state index >= 15 is 0 Å². The van der Waals surface area contributed by atoms with E-state index in [0.29, 0.717) is 10.2 Å². The van der Waals surface area contributed by atoms with Gasteiger partial charge in [-0.05, 0) is 56.1 Å². The van der Waals surface area contributed by atoms with Crippen LogP contribution in [0.15, 0.2) is 18.5 Å². The van der Waals surface area contributed by atoms with Gasteiger partial charge in [-0.2, -0.15) is 36.5 Å². The van der Waals surface area contributed by atoms with E-state index in [-0.39, 0.29) is 35.9 Å². The normalized spacial score (nSPS) is 19.8. The zero-order chi connectivity index (χ0) is 32.9. The molecular weight excluding hydrogens is 620 g/mol. The second kappa shape index (κ2) is 11.8. The number of amides is 2. The number of nitrogens with two attached hydrogens (primary N) is 1. The quantitative estimate of drug-likeness (QED) is 0.282. The lowest BCUT2D eigenvalue weighted by Crippen LogP contribution is -2.30. The summed E-state index contributed by atoms with van der Waals surface area (Å²) in [5.41, 5.74) is 6.23. The van der Waals surface area contributed by atoms with Crippen molar-refractivity contribution >= 4 is 17.5 Å². The highest BCUT2D eigenvalue weighted by Gasteiger charge is 2.44. The van der Waals surface area contributed by atoms with Crippen LogP contribution >= 0.6 is 0 Å². The summed E-state index contributed by atoms with van der Waals surface area (Å²) in [6.45, 7) is 0.773. The maximum atomic E-state index is 14.1. The summed E-state index contributed by atoms with van der Waals surface area (Å²) >= 11 is 0. The lowest BCUT2D eigenvalue weighted by atomic mass is 9.77. The fourth-order valence-corrected chi connectivity index (χ4v) is 5.66. The third-order valence-corrected chi connectivity index (χ3v) is 8.30. The average molecular weight is 651 g/mol. The van der Waals surface area contributed by atoms with Crippen molar-refractivity contribution in [3.05, 3.63) is 41.4 Å².